The van der Waals surface area contributed by atoms with Gasteiger partial charge in [-0.15, -0.1) is 0 Å². The number of benzene rings is 5. The highest BCUT2D eigenvalue weighted by Gasteiger charge is 2.19. The Kier molecular flexibility index (Phi) is 3.94. The summed E-state index contributed by atoms with van der Waals surface area (Å²) in [4.78, 5) is 4.43. The number of fused-ring (bicyclic) bond motifs is 8. The van der Waals surface area contributed by atoms with Gasteiger partial charge in [0, 0.05) is 45.0 Å². The average Bonchev–Trinajstić information content (AvgIpc) is 3.49. The highest BCUT2D eigenvalue weighted by molar-refractivity contribution is 6.21. The molecule has 3 aromatic heterocycles. The second-order valence-electron chi connectivity index (χ2n) is 9.25. The minimum Gasteiger partial charge on any atom is -0.454 e. The molecule has 0 unspecified atom stereocenters. The van der Waals surface area contributed by atoms with E-state index >= 15 is 0 Å². The number of aromatic nitrogens is 2. The molecule has 0 amide bonds. The number of pyridine rings is 1. The van der Waals surface area contributed by atoms with Crippen molar-refractivity contribution in [1.29, 1.82) is 0 Å². The maximum Gasteiger partial charge on any atom is 0.160 e. The third-order valence-electron chi connectivity index (χ3n) is 7.26. The number of hydrogen-bond acceptors (Lipinski definition) is 2. The van der Waals surface area contributed by atoms with Crippen LogP contribution in [0.5, 0.6) is 0 Å². The van der Waals surface area contributed by atoms with E-state index in [-0.39, 0.29) is 0 Å². The van der Waals surface area contributed by atoms with Gasteiger partial charge in [0.2, 0.25) is 0 Å². The molecule has 0 N–H and O–H groups in total. The van der Waals surface area contributed by atoms with Gasteiger partial charge in [0.25, 0.3) is 0 Å². The molecule has 168 valence electrons. The summed E-state index contributed by atoms with van der Waals surface area (Å²) in [6.07, 6.45) is 3.83. The van der Waals surface area contributed by atoms with Gasteiger partial charge in [0.05, 0.1) is 11.0 Å². The molecule has 3 heterocycles. The average molecular weight is 461 g/mol. The molecular weight excluding hydrogens is 440 g/mol. The fourth-order valence-electron chi connectivity index (χ4n) is 5.67. The zero-order valence-electron chi connectivity index (χ0n) is 19.3. The first-order valence-corrected chi connectivity index (χ1v) is 12.1. The maximum atomic E-state index is 6.53. The number of rotatable bonds is 2. The molecule has 8 rings (SSSR count). The first-order valence-electron chi connectivity index (χ1n) is 12.1. The third-order valence-corrected chi connectivity index (χ3v) is 7.26. The molecule has 3 heteroatoms. The zero-order chi connectivity index (χ0) is 23.6. The molecule has 5 aromatic carbocycles. The van der Waals surface area contributed by atoms with Crippen LogP contribution in [0.1, 0.15) is 0 Å². The molecule has 0 aliphatic rings. The number of nitrogens with zero attached hydrogens (tertiary/aromatic N) is 2. The number of furan rings is 1. The third kappa shape index (κ3) is 2.65. The summed E-state index contributed by atoms with van der Waals surface area (Å²) in [5, 5.41) is 6.97. The Balaban J connectivity index is 1.57. The van der Waals surface area contributed by atoms with Gasteiger partial charge < -0.3 is 8.98 Å². The predicted molar refractivity (Wildman–Crippen MR) is 149 cm³/mol. The first-order chi connectivity index (χ1) is 17.9. The fraction of sp³-hybridized carbons (Fsp3) is 0. The van der Waals surface area contributed by atoms with Crippen LogP contribution in [-0.2, 0) is 0 Å². The fourth-order valence-corrected chi connectivity index (χ4v) is 5.67. The molecule has 0 bridgehead atoms. The second kappa shape index (κ2) is 7.30. The topological polar surface area (TPSA) is 31.0 Å². The lowest BCUT2D eigenvalue weighted by atomic mass is 9.98. The van der Waals surface area contributed by atoms with Crippen LogP contribution in [0.15, 0.2) is 126 Å². The maximum absolute atomic E-state index is 6.53. The van der Waals surface area contributed by atoms with Crippen LogP contribution < -0.4 is 0 Å². The van der Waals surface area contributed by atoms with Gasteiger partial charge in [-0.2, -0.15) is 0 Å². The van der Waals surface area contributed by atoms with E-state index in [1.54, 1.807) is 0 Å². The van der Waals surface area contributed by atoms with Crippen LogP contribution in [0.4, 0.5) is 0 Å². The minimum absolute atomic E-state index is 0.909. The molecule has 0 saturated carbocycles. The summed E-state index contributed by atoms with van der Waals surface area (Å²) in [6.45, 7) is 0. The summed E-state index contributed by atoms with van der Waals surface area (Å²) >= 11 is 0. The predicted octanol–water partition coefficient (Wildman–Crippen LogP) is 8.90. The molecule has 36 heavy (non-hydrogen) atoms. The van der Waals surface area contributed by atoms with Crippen LogP contribution in [0.2, 0.25) is 0 Å². The molecule has 8 aromatic rings. The van der Waals surface area contributed by atoms with Crippen molar-refractivity contribution in [3.05, 3.63) is 122 Å². The Labute approximate surface area is 206 Å². The van der Waals surface area contributed by atoms with E-state index in [0.29, 0.717) is 0 Å². The summed E-state index contributed by atoms with van der Waals surface area (Å²) in [6, 6.07) is 38.5. The van der Waals surface area contributed by atoms with Gasteiger partial charge in [0.15, 0.2) is 5.58 Å². The summed E-state index contributed by atoms with van der Waals surface area (Å²) in [7, 11) is 0. The second-order valence-corrected chi connectivity index (χ2v) is 9.25. The monoisotopic (exact) mass is 460 g/mol. The molecule has 0 radical (unpaired) electrons. The van der Waals surface area contributed by atoms with Crippen LogP contribution in [0.3, 0.4) is 0 Å². The van der Waals surface area contributed by atoms with Gasteiger partial charge in [-0.25, -0.2) is 0 Å². The van der Waals surface area contributed by atoms with E-state index in [2.05, 4.69) is 107 Å². The van der Waals surface area contributed by atoms with Crippen LogP contribution in [0, 0.1) is 0 Å². The molecule has 0 aliphatic heterocycles. The van der Waals surface area contributed by atoms with Crippen molar-refractivity contribution in [3.8, 4) is 16.8 Å². The highest BCUT2D eigenvalue weighted by atomic mass is 16.3. The lowest BCUT2D eigenvalue weighted by Crippen LogP contribution is -1.96. The lowest BCUT2D eigenvalue weighted by molar-refractivity contribution is 0.671. The Morgan fingerprint density at radius 3 is 2.31 bits per heavy atom. The van der Waals surface area contributed by atoms with Gasteiger partial charge in [-0.1, -0.05) is 72.8 Å². The Bertz CT molecular complexity index is 2100. The number of hydrogen-bond donors (Lipinski definition) is 0. The SMILES string of the molecule is c1ccc(-c2cc(-n3c4ccccc4c4ccc5c6ccccc6oc5c43)cc3ccncc23)cc1. The quantitative estimate of drug-likeness (QED) is 0.258. The van der Waals surface area contributed by atoms with Crippen LogP contribution in [0.25, 0.3) is 71.3 Å². The summed E-state index contributed by atoms with van der Waals surface area (Å²) < 4.78 is 8.89. The van der Waals surface area contributed by atoms with Gasteiger partial charge in [-0.3, -0.25) is 4.98 Å². The van der Waals surface area contributed by atoms with Crippen molar-refractivity contribution >= 4 is 54.5 Å². The van der Waals surface area contributed by atoms with Gasteiger partial charge >= 0.3 is 0 Å². The molecule has 0 atom stereocenters. The Hall–Kier alpha value is -4.89. The molecule has 3 nitrogen and oxygen atoms in total. The molecule has 0 aliphatic carbocycles. The Morgan fingerprint density at radius 1 is 0.611 bits per heavy atom. The zero-order valence-corrected chi connectivity index (χ0v) is 19.3. The minimum atomic E-state index is 0.909. The summed E-state index contributed by atoms with van der Waals surface area (Å²) in [5.41, 5.74) is 7.52. The van der Waals surface area contributed by atoms with E-state index in [1.807, 2.05) is 24.5 Å². The van der Waals surface area contributed by atoms with E-state index in [9.17, 15) is 0 Å². The van der Waals surface area contributed by atoms with E-state index in [1.165, 1.54) is 21.9 Å². The smallest absolute Gasteiger partial charge is 0.160 e. The largest absolute Gasteiger partial charge is 0.454 e. The lowest BCUT2D eigenvalue weighted by Gasteiger charge is -2.13. The molecular formula is C33H20N2O. The van der Waals surface area contributed by atoms with Crippen molar-refractivity contribution in [3.63, 3.8) is 0 Å². The standard InChI is InChI=1S/C33H20N2O/c1-2-8-21(9-3-1)28-19-23(18-22-16-17-34-20-29(22)28)35-30-12-6-4-10-24(30)26-14-15-27-25-11-5-7-13-31(25)36-33(27)32(26)35/h1-20H. The summed E-state index contributed by atoms with van der Waals surface area (Å²) in [5.74, 6) is 0. The molecule has 0 spiro atoms. The highest BCUT2D eigenvalue weighted by Crippen LogP contribution is 2.41. The van der Waals surface area contributed by atoms with Gasteiger partial charge in [-0.05, 0) is 52.9 Å². The van der Waals surface area contributed by atoms with Crippen molar-refractivity contribution in [1.82, 2.24) is 9.55 Å². The molecule has 0 fully saturated rings. The number of para-hydroxylation sites is 2. The normalized spacial score (nSPS) is 11.9. The van der Waals surface area contributed by atoms with Crippen molar-refractivity contribution in [2.75, 3.05) is 0 Å². The van der Waals surface area contributed by atoms with E-state index < -0.39 is 0 Å². The van der Waals surface area contributed by atoms with Crippen molar-refractivity contribution in [2.45, 2.75) is 0 Å². The van der Waals surface area contributed by atoms with Crippen LogP contribution >= 0.6 is 0 Å². The van der Waals surface area contributed by atoms with E-state index in [0.717, 1.165) is 49.4 Å². The Morgan fingerprint density at radius 2 is 1.39 bits per heavy atom. The molecule has 0 saturated heterocycles. The van der Waals surface area contributed by atoms with Gasteiger partial charge in [0.1, 0.15) is 5.58 Å². The van der Waals surface area contributed by atoms with Crippen LogP contribution in [-0.4, -0.2) is 9.55 Å². The van der Waals surface area contributed by atoms with Crippen molar-refractivity contribution < 1.29 is 4.42 Å². The van der Waals surface area contributed by atoms with E-state index in [4.69, 9.17) is 4.42 Å². The first kappa shape index (κ1) is 19.4. The van der Waals surface area contributed by atoms with Crippen molar-refractivity contribution in [2.24, 2.45) is 0 Å².